The molecule has 0 bridgehead atoms. The average molecular weight is 198 g/mol. The molecule has 0 saturated heterocycles. The Balaban J connectivity index is 0.00000169. The topological polar surface area (TPSA) is 81.2 Å². The van der Waals surface area contributed by atoms with Crippen LogP contribution in [0.25, 0.3) is 0 Å². The quantitative estimate of drug-likeness (QED) is 0.521. The van der Waals surface area contributed by atoms with Gasteiger partial charge in [0.2, 0.25) is 0 Å². The van der Waals surface area contributed by atoms with Crippen LogP contribution in [0.5, 0.6) is 0 Å². The lowest BCUT2D eigenvalue weighted by Gasteiger charge is -1.98. The summed E-state index contributed by atoms with van der Waals surface area (Å²) in [5.41, 5.74) is 0.640. The summed E-state index contributed by atoms with van der Waals surface area (Å²) in [5.74, 6) is -0.475. The van der Waals surface area contributed by atoms with Crippen LogP contribution in [-0.4, -0.2) is 11.8 Å². The molecule has 0 saturated carbocycles. The van der Waals surface area contributed by atoms with E-state index < -0.39 is 0 Å². The minimum atomic E-state index is -0.268. The molecule has 80 valence electrons. The van der Waals surface area contributed by atoms with Crippen LogP contribution in [0.1, 0.15) is 39.0 Å². The molecule has 1 heterocycles. The van der Waals surface area contributed by atoms with Crippen molar-refractivity contribution in [1.82, 2.24) is 11.5 Å². The summed E-state index contributed by atoms with van der Waals surface area (Å²) in [4.78, 5) is 21.8. The second-order valence-corrected chi connectivity index (χ2v) is 3.30. The van der Waals surface area contributed by atoms with Crippen LogP contribution in [0.3, 0.4) is 0 Å². The lowest BCUT2D eigenvalue weighted by Crippen LogP contribution is -2.22. The second kappa shape index (κ2) is 6.32. The van der Waals surface area contributed by atoms with Crippen LogP contribution in [0, 0.1) is 0 Å². The predicted octanol–water partition coefficient (Wildman–Crippen LogP) is 1.70. The summed E-state index contributed by atoms with van der Waals surface area (Å²) in [7, 11) is 0. The van der Waals surface area contributed by atoms with Crippen molar-refractivity contribution in [3.05, 3.63) is 11.6 Å². The first-order valence-corrected chi connectivity index (χ1v) is 4.80. The number of nitrogens with one attached hydrogen (secondary N) is 1. The Morgan fingerprint density at radius 3 is 2.43 bits per heavy atom. The summed E-state index contributed by atoms with van der Waals surface area (Å²) in [6, 6.07) is 0. The lowest BCUT2D eigenvalue weighted by molar-refractivity contribution is -0.123. The molecule has 0 unspecified atom stereocenters. The van der Waals surface area contributed by atoms with Gasteiger partial charge in [0.15, 0.2) is 0 Å². The van der Waals surface area contributed by atoms with Gasteiger partial charge in [-0.2, -0.15) is 0 Å². The van der Waals surface area contributed by atoms with Crippen molar-refractivity contribution >= 4 is 11.8 Å². The Labute approximate surface area is 84.3 Å². The normalized spacial score (nSPS) is 14.8. The lowest BCUT2D eigenvalue weighted by atomic mass is 10.1. The van der Waals surface area contributed by atoms with Crippen molar-refractivity contribution in [2.75, 3.05) is 0 Å². The van der Waals surface area contributed by atoms with E-state index in [2.05, 4.69) is 12.2 Å². The smallest absolute Gasteiger partial charge is 0.254 e. The molecule has 4 nitrogen and oxygen atoms in total. The third-order valence-corrected chi connectivity index (χ3v) is 2.13. The Morgan fingerprint density at radius 1 is 1.21 bits per heavy atom. The van der Waals surface area contributed by atoms with Crippen LogP contribution >= 0.6 is 0 Å². The van der Waals surface area contributed by atoms with Gasteiger partial charge in [-0.15, -0.1) is 0 Å². The van der Waals surface area contributed by atoms with E-state index in [4.69, 9.17) is 0 Å². The van der Waals surface area contributed by atoms with Gasteiger partial charge in [0.05, 0.1) is 0 Å². The van der Waals surface area contributed by atoms with Gasteiger partial charge < -0.3 is 6.15 Å². The number of carbonyl (C=O) groups is 2. The van der Waals surface area contributed by atoms with Gasteiger partial charge in [-0.3, -0.25) is 14.9 Å². The molecule has 1 aliphatic heterocycles. The van der Waals surface area contributed by atoms with E-state index in [1.807, 2.05) is 0 Å². The third kappa shape index (κ3) is 3.70. The first-order chi connectivity index (χ1) is 6.24. The molecule has 0 aliphatic carbocycles. The Hall–Kier alpha value is -1.16. The predicted molar refractivity (Wildman–Crippen MR) is 55.0 cm³/mol. The SMILES string of the molecule is CCCCCCC1=CC(=O)NC1=O.N. The summed E-state index contributed by atoms with van der Waals surface area (Å²) < 4.78 is 0. The van der Waals surface area contributed by atoms with Crippen LogP contribution in [0.2, 0.25) is 0 Å². The largest absolute Gasteiger partial charge is 0.344 e. The highest BCUT2D eigenvalue weighted by molar-refractivity contribution is 6.16. The summed E-state index contributed by atoms with van der Waals surface area (Å²) >= 11 is 0. The van der Waals surface area contributed by atoms with E-state index in [0.717, 1.165) is 19.3 Å². The minimum Gasteiger partial charge on any atom is -0.344 e. The van der Waals surface area contributed by atoms with E-state index >= 15 is 0 Å². The van der Waals surface area contributed by atoms with Crippen LogP contribution < -0.4 is 11.5 Å². The van der Waals surface area contributed by atoms with Crippen LogP contribution in [0.15, 0.2) is 11.6 Å². The molecule has 2 amide bonds. The zero-order valence-corrected chi connectivity index (χ0v) is 8.64. The van der Waals surface area contributed by atoms with Crippen molar-refractivity contribution in [1.29, 1.82) is 0 Å². The maximum Gasteiger partial charge on any atom is 0.254 e. The number of carbonyl (C=O) groups excluding carboxylic acids is 2. The number of rotatable bonds is 5. The Kier molecular flexibility index (Phi) is 5.79. The van der Waals surface area contributed by atoms with Crippen LogP contribution in [0.4, 0.5) is 0 Å². The highest BCUT2D eigenvalue weighted by Crippen LogP contribution is 2.12. The maximum atomic E-state index is 11.0. The van der Waals surface area contributed by atoms with Crippen LogP contribution in [-0.2, 0) is 9.59 Å². The van der Waals surface area contributed by atoms with E-state index in [1.54, 1.807) is 0 Å². The van der Waals surface area contributed by atoms with Gasteiger partial charge in [0.25, 0.3) is 11.8 Å². The van der Waals surface area contributed by atoms with E-state index in [-0.39, 0.29) is 18.0 Å². The summed E-state index contributed by atoms with van der Waals surface area (Å²) in [6.45, 7) is 2.14. The molecule has 4 heteroatoms. The molecule has 0 atom stereocenters. The first-order valence-electron chi connectivity index (χ1n) is 4.80. The van der Waals surface area contributed by atoms with Crippen molar-refractivity contribution in [2.45, 2.75) is 39.0 Å². The van der Waals surface area contributed by atoms with Gasteiger partial charge in [-0.05, 0) is 12.8 Å². The molecule has 0 aromatic heterocycles. The molecule has 1 aliphatic rings. The molecule has 0 spiro atoms. The number of hydrogen-bond acceptors (Lipinski definition) is 3. The summed E-state index contributed by atoms with van der Waals surface area (Å²) in [6.07, 6.45) is 6.66. The number of unbranched alkanes of at least 4 members (excludes halogenated alkanes) is 3. The Bertz CT molecular complexity index is 247. The van der Waals surface area contributed by atoms with Gasteiger partial charge in [-0.1, -0.05) is 26.2 Å². The first kappa shape index (κ1) is 12.8. The number of amides is 2. The minimum absolute atomic E-state index is 0. The molecule has 14 heavy (non-hydrogen) atoms. The fourth-order valence-electron chi connectivity index (χ4n) is 1.38. The van der Waals surface area contributed by atoms with Gasteiger partial charge in [0, 0.05) is 11.6 Å². The molecule has 0 radical (unpaired) electrons. The molecular weight excluding hydrogens is 180 g/mol. The van der Waals surface area contributed by atoms with E-state index in [0.29, 0.717) is 5.57 Å². The zero-order valence-electron chi connectivity index (χ0n) is 8.64. The molecule has 0 aromatic rings. The van der Waals surface area contributed by atoms with Crippen molar-refractivity contribution in [2.24, 2.45) is 0 Å². The molecule has 0 aromatic carbocycles. The maximum absolute atomic E-state index is 11.0. The average Bonchev–Trinajstić information content (AvgIpc) is 2.39. The Morgan fingerprint density at radius 2 is 1.93 bits per heavy atom. The number of hydrogen-bond donors (Lipinski definition) is 2. The van der Waals surface area contributed by atoms with Gasteiger partial charge >= 0.3 is 0 Å². The molecule has 4 N–H and O–H groups in total. The fourth-order valence-corrected chi connectivity index (χ4v) is 1.38. The summed E-state index contributed by atoms with van der Waals surface area (Å²) in [5, 5.41) is 2.24. The third-order valence-electron chi connectivity index (χ3n) is 2.13. The fraction of sp³-hybridized carbons (Fsp3) is 0.600. The van der Waals surface area contributed by atoms with E-state index in [9.17, 15) is 9.59 Å². The van der Waals surface area contributed by atoms with Crippen molar-refractivity contribution < 1.29 is 9.59 Å². The van der Waals surface area contributed by atoms with Gasteiger partial charge in [-0.25, -0.2) is 0 Å². The zero-order chi connectivity index (χ0) is 9.68. The monoisotopic (exact) mass is 198 g/mol. The standard InChI is InChI=1S/C10H15NO2.H3N/c1-2-3-4-5-6-8-7-9(12)11-10(8)13;/h7H,2-6H2,1H3,(H,11,12,13);1H3. The van der Waals surface area contributed by atoms with Crippen molar-refractivity contribution in [3.63, 3.8) is 0 Å². The number of imide groups is 1. The highest BCUT2D eigenvalue weighted by atomic mass is 16.2. The second-order valence-electron chi connectivity index (χ2n) is 3.30. The highest BCUT2D eigenvalue weighted by Gasteiger charge is 2.19. The van der Waals surface area contributed by atoms with Crippen molar-refractivity contribution in [3.8, 4) is 0 Å². The van der Waals surface area contributed by atoms with Gasteiger partial charge in [0.1, 0.15) is 0 Å². The molecule has 0 fully saturated rings. The van der Waals surface area contributed by atoms with E-state index in [1.165, 1.54) is 18.9 Å². The molecular formula is C10H18N2O2. The molecule has 1 rings (SSSR count).